The van der Waals surface area contributed by atoms with Crippen LogP contribution < -0.4 is 5.32 Å². The minimum Gasteiger partial charge on any atom is -0.389 e. The molecule has 0 saturated carbocycles. The van der Waals surface area contributed by atoms with Crippen molar-refractivity contribution in [1.82, 2.24) is 10.2 Å². The lowest BCUT2D eigenvalue weighted by Gasteiger charge is -2.27. The summed E-state index contributed by atoms with van der Waals surface area (Å²) in [5.74, 6) is 0. The molecule has 0 amide bonds. The lowest BCUT2D eigenvalue weighted by Crippen LogP contribution is -2.37. The van der Waals surface area contributed by atoms with E-state index in [9.17, 15) is 5.11 Å². The Morgan fingerprint density at radius 2 is 1.84 bits per heavy atom. The zero-order chi connectivity index (χ0) is 14.5. The zero-order valence-electron chi connectivity index (χ0n) is 12.9. The minimum absolute atomic E-state index is 0.366. The highest BCUT2D eigenvalue weighted by Gasteiger charge is 2.16. The second-order valence-corrected chi connectivity index (χ2v) is 6.09. The predicted molar refractivity (Wildman–Crippen MR) is 81.4 cm³/mol. The van der Waals surface area contributed by atoms with Gasteiger partial charge in [0.25, 0.3) is 0 Å². The Morgan fingerprint density at radius 3 is 2.32 bits per heavy atom. The molecule has 0 heterocycles. The summed E-state index contributed by atoms with van der Waals surface area (Å²) in [5, 5.41) is 13.2. The molecular weight excluding hydrogens is 236 g/mol. The quantitative estimate of drug-likeness (QED) is 0.793. The average Bonchev–Trinajstić information content (AvgIpc) is 2.29. The molecule has 0 bridgehead atoms. The Hall–Kier alpha value is -0.900. The number of benzene rings is 1. The van der Waals surface area contributed by atoms with Gasteiger partial charge in [-0.15, -0.1) is 0 Å². The van der Waals surface area contributed by atoms with Gasteiger partial charge in [0, 0.05) is 12.6 Å². The lowest BCUT2D eigenvalue weighted by atomic mass is 10.0. The first kappa shape index (κ1) is 16.2. The van der Waals surface area contributed by atoms with Gasteiger partial charge < -0.3 is 15.3 Å². The molecule has 3 nitrogen and oxygen atoms in total. The van der Waals surface area contributed by atoms with E-state index in [1.165, 1.54) is 11.1 Å². The number of nitrogens with zero attached hydrogens (tertiary/aromatic N) is 1. The summed E-state index contributed by atoms with van der Waals surface area (Å²) in [6.45, 7) is 7.45. The number of likely N-dealkylation sites (N-methyl/N-ethyl adjacent to an activating group) is 1. The monoisotopic (exact) mass is 264 g/mol. The molecular formula is C16H28N2O. The van der Waals surface area contributed by atoms with Crippen molar-refractivity contribution in [1.29, 1.82) is 0 Å². The van der Waals surface area contributed by atoms with Gasteiger partial charge in [-0.05, 0) is 53.4 Å². The van der Waals surface area contributed by atoms with E-state index in [4.69, 9.17) is 0 Å². The van der Waals surface area contributed by atoms with Crippen molar-refractivity contribution in [2.24, 2.45) is 0 Å². The normalized spacial score (nSPS) is 13.8. The Kier molecular flexibility index (Phi) is 5.98. The van der Waals surface area contributed by atoms with Crippen LogP contribution in [0, 0.1) is 6.92 Å². The van der Waals surface area contributed by atoms with E-state index in [1.807, 2.05) is 20.9 Å². The van der Waals surface area contributed by atoms with E-state index in [0.29, 0.717) is 12.6 Å². The molecule has 0 radical (unpaired) electrons. The summed E-state index contributed by atoms with van der Waals surface area (Å²) in [5.41, 5.74) is 1.98. The number of nitrogens with one attached hydrogen (secondary N) is 1. The van der Waals surface area contributed by atoms with E-state index in [2.05, 4.69) is 48.5 Å². The van der Waals surface area contributed by atoms with Gasteiger partial charge in [-0.2, -0.15) is 0 Å². The molecule has 1 aromatic carbocycles. The van der Waals surface area contributed by atoms with Crippen molar-refractivity contribution in [2.75, 3.05) is 27.2 Å². The van der Waals surface area contributed by atoms with Gasteiger partial charge in [0.05, 0.1) is 5.60 Å². The largest absolute Gasteiger partial charge is 0.389 e. The second kappa shape index (κ2) is 7.04. The highest BCUT2D eigenvalue weighted by atomic mass is 16.3. The lowest BCUT2D eigenvalue weighted by molar-refractivity contribution is 0.0436. The molecule has 0 aliphatic carbocycles. The molecule has 1 rings (SSSR count). The molecule has 3 heteroatoms. The van der Waals surface area contributed by atoms with Crippen molar-refractivity contribution in [3.63, 3.8) is 0 Å². The maximum absolute atomic E-state index is 9.80. The highest BCUT2D eigenvalue weighted by molar-refractivity contribution is 5.24. The Labute approximate surface area is 117 Å². The van der Waals surface area contributed by atoms with Crippen LogP contribution in [0.4, 0.5) is 0 Å². The number of aliphatic hydroxyl groups is 1. The van der Waals surface area contributed by atoms with Crippen molar-refractivity contribution in [2.45, 2.75) is 38.8 Å². The molecule has 1 unspecified atom stereocenters. The van der Waals surface area contributed by atoms with Crippen LogP contribution in [0.15, 0.2) is 24.3 Å². The van der Waals surface area contributed by atoms with Crippen LogP contribution in [-0.2, 0) is 0 Å². The molecule has 19 heavy (non-hydrogen) atoms. The molecule has 0 saturated heterocycles. The molecule has 0 spiro atoms. The van der Waals surface area contributed by atoms with E-state index in [-0.39, 0.29) is 0 Å². The van der Waals surface area contributed by atoms with Crippen LogP contribution in [0.2, 0.25) is 0 Å². The standard InChI is InChI=1S/C16H28N2O/c1-13-6-8-14(9-7-13)15(17-4)10-11-18(5)12-16(2,3)19/h6-9,15,17,19H,10-12H2,1-5H3. The van der Waals surface area contributed by atoms with Crippen LogP contribution >= 0.6 is 0 Å². The Balaban J connectivity index is 2.51. The first-order valence-electron chi connectivity index (χ1n) is 6.96. The maximum Gasteiger partial charge on any atom is 0.0718 e. The molecule has 0 aliphatic rings. The zero-order valence-corrected chi connectivity index (χ0v) is 12.9. The van der Waals surface area contributed by atoms with Crippen LogP contribution in [0.1, 0.15) is 37.4 Å². The van der Waals surface area contributed by atoms with Crippen LogP contribution in [-0.4, -0.2) is 42.8 Å². The van der Waals surface area contributed by atoms with Gasteiger partial charge in [0.2, 0.25) is 0 Å². The third-order valence-electron chi connectivity index (χ3n) is 3.28. The Morgan fingerprint density at radius 1 is 1.26 bits per heavy atom. The van der Waals surface area contributed by atoms with Gasteiger partial charge in [-0.1, -0.05) is 29.8 Å². The van der Waals surface area contributed by atoms with E-state index >= 15 is 0 Å². The first-order chi connectivity index (χ1) is 8.81. The van der Waals surface area contributed by atoms with E-state index < -0.39 is 5.60 Å². The fourth-order valence-corrected chi connectivity index (χ4v) is 2.37. The minimum atomic E-state index is -0.631. The fraction of sp³-hybridized carbons (Fsp3) is 0.625. The molecule has 108 valence electrons. The average molecular weight is 264 g/mol. The highest BCUT2D eigenvalue weighted by Crippen LogP contribution is 2.17. The number of aryl methyl sites for hydroxylation is 1. The van der Waals surface area contributed by atoms with Crippen LogP contribution in [0.5, 0.6) is 0 Å². The molecule has 0 aromatic heterocycles. The van der Waals surface area contributed by atoms with Gasteiger partial charge in [0.1, 0.15) is 0 Å². The van der Waals surface area contributed by atoms with E-state index in [1.54, 1.807) is 0 Å². The molecule has 0 fully saturated rings. The summed E-state index contributed by atoms with van der Waals surface area (Å²) >= 11 is 0. The third-order valence-corrected chi connectivity index (χ3v) is 3.28. The maximum atomic E-state index is 9.80. The Bertz CT molecular complexity index is 367. The van der Waals surface area contributed by atoms with Crippen molar-refractivity contribution in [3.8, 4) is 0 Å². The number of hydrogen-bond acceptors (Lipinski definition) is 3. The summed E-state index contributed by atoms with van der Waals surface area (Å²) < 4.78 is 0. The third kappa shape index (κ3) is 6.19. The van der Waals surface area contributed by atoms with Crippen molar-refractivity contribution < 1.29 is 5.11 Å². The summed E-state index contributed by atoms with van der Waals surface area (Å²) in [7, 11) is 4.06. The molecule has 2 N–H and O–H groups in total. The van der Waals surface area contributed by atoms with E-state index in [0.717, 1.165) is 13.0 Å². The van der Waals surface area contributed by atoms with Crippen molar-refractivity contribution >= 4 is 0 Å². The van der Waals surface area contributed by atoms with Crippen LogP contribution in [0.3, 0.4) is 0 Å². The smallest absolute Gasteiger partial charge is 0.0718 e. The second-order valence-electron chi connectivity index (χ2n) is 6.09. The molecule has 1 atom stereocenters. The number of hydrogen-bond donors (Lipinski definition) is 2. The SMILES string of the molecule is CNC(CCN(C)CC(C)(C)O)c1ccc(C)cc1. The topological polar surface area (TPSA) is 35.5 Å². The predicted octanol–water partition coefficient (Wildman–Crippen LogP) is 2.35. The first-order valence-corrected chi connectivity index (χ1v) is 6.96. The molecule has 1 aromatic rings. The summed E-state index contributed by atoms with van der Waals surface area (Å²) in [4.78, 5) is 2.18. The fourth-order valence-electron chi connectivity index (χ4n) is 2.37. The molecule has 0 aliphatic heterocycles. The van der Waals surface area contributed by atoms with Gasteiger partial charge in [-0.25, -0.2) is 0 Å². The number of rotatable bonds is 7. The summed E-state index contributed by atoms with van der Waals surface area (Å²) in [6.07, 6.45) is 1.03. The van der Waals surface area contributed by atoms with Crippen LogP contribution in [0.25, 0.3) is 0 Å². The van der Waals surface area contributed by atoms with Gasteiger partial charge in [-0.3, -0.25) is 0 Å². The van der Waals surface area contributed by atoms with Gasteiger partial charge >= 0.3 is 0 Å². The van der Waals surface area contributed by atoms with Crippen molar-refractivity contribution in [3.05, 3.63) is 35.4 Å². The van der Waals surface area contributed by atoms with Gasteiger partial charge in [0.15, 0.2) is 0 Å². The summed E-state index contributed by atoms with van der Waals surface area (Å²) in [6, 6.07) is 9.05.